The highest BCUT2D eigenvalue weighted by molar-refractivity contribution is 9.10. The van der Waals surface area contributed by atoms with Crippen LogP contribution in [-0.4, -0.2) is 33.3 Å². The van der Waals surface area contributed by atoms with E-state index in [9.17, 15) is 21.2 Å². The molecule has 0 radical (unpaired) electrons. The van der Waals surface area contributed by atoms with Crippen LogP contribution >= 0.6 is 15.9 Å². The number of fused-ring (bicyclic) bond motifs is 1. The second kappa shape index (κ2) is 7.74. The maximum absolute atomic E-state index is 14.4. The molecule has 3 aromatic carbocycles. The number of hydrogen-bond donors (Lipinski definition) is 2. The van der Waals surface area contributed by atoms with Gasteiger partial charge in [-0.15, -0.1) is 0 Å². The predicted molar refractivity (Wildman–Crippen MR) is 120 cm³/mol. The largest absolute Gasteiger partial charge is 0.280 e. The zero-order valence-electron chi connectivity index (χ0n) is 15.9. The molecule has 0 aliphatic heterocycles. The lowest BCUT2D eigenvalue weighted by Gasteiger charge is -2.11. The number of anilines is 1. The number of halogens is 2. The van der Waals surface area contributed by atoms with E-state index in [-0.39, 0.29) is 21.0 Å². The van der Waals surface area contributed by atoms with Crippen molar-refractivity contribution >= 4 is 52.4 Å². The van der Waals surface area contributed by atoms with Crippen molar-refractivity contribution in [1.82, 2.24) is 10.2 Å². The lowest BCUT2D eigenvalue weighted by atomic mass is 10.1. The first-order chi connectivity index (χ1) is 14.6. The number of aromatic nitrogens is 2. The van der Waals surface area contributed by atoms with E-state index < -0.39 is 25.7 Å². The molecule has 11 heteroatoms. The molecular formula is C20H15BrFN3O4S2. The molecule has 7 nitrogen and oxygen atoms in total. The van der Waals surface area contributed by atoms with Crippen LogP contribution in [0.4, 0.5) is 10.1 Å². The predicted octanol–water partition coefficient (Wildman–Crippen LogP) is 4.34. The highest BCUT2D eigenvalue weighted by Gasteiger charge is 2.24. The maximum Gasteiger partial charge on any atom is 0.263 e. The molecule has 0 bridgehead atoms. The topological polar surface area (TPSA) is 109 Å². The first-order valence-electron chi connectivity index (χ1n) is 8.82. The summed E-state index contributed by atoms with van der Waals surface area (Å²) in [7, 11) is -7.98. The first kappa shape index (κ1) is 21.5. The molecule has 0 fully saturated rings. The second-order valence-electron chi connectivity index (χ2n) is 6.78. The molecule has 1 aromatic heterocycles. The number of hydrogen-bond acceptors (Lipinski definition) is 5. The second-order valence-corrected chi connectivity index (χ2v) is 11.3. The average molecular weight is 524 g/mol. The van der Waals surface area contributed by atoms with E-state index >= 15 is 0 Å². The molecule has 0 spiro atoms. The van der Waals surface area contributed by atoms with Gasteiger partial charge in [0.15, 0.2) is 9.84 Å². The summed E-state index contributed by atoms with van der Waals surface area (Å²) in [6.07, 6.45) is 0.942. The Labute approximate surface area is 186 Å². The van der Waals surface area contributed by atoms with Crippen LogP contribution in [0.25, 0.3) is 22.2 Å². The van der Waals surface area contributed by atoms with Crippen molar-refractivity contribution in [3.63, 3.8) is 0 Å². The number of H-pyrrole nitrogens is 1. The zero-order valence-corrected chi connectivity index (χ0v) is 19.1. The van der Waals surface area contributed by atoms with Crippen molar-refractivity contribution in [1.29, 1.82) is 0 Å². The van der Waals surface area contributed by atoms with Gasteiger partial charge in [0.25, 0.3) is 10.0 Å². The Hall–Kier alpha value is -2.76. The fraction of sp³-hybridized carbons (Fsp3) is 0.0500. The molecule has 2 N–H and O–H groups in total. The van der Waals surface area contributed by atoms with Crippen molar-refractivity contribution in [3.8, 4) is 11.3 Å². The van der Waals surface area contributed by atoms with Gasteiger partial charge in [0.2, 0.25) is 0 Å². The first-order valence-corrected chi connectivity index (χ1v) is 13.0. The number of sulfone groups is 1. The Kier molecular flexibility index (Phi) is 5.36. The molecule has 160 valence electrons. The highest BCUT2D eigenvalue weighted by atomic mass is 79.9. The quantitative estimate of drug-likeness (QED) is 0.404. The Morgan fingerprint density at radius 1 is 0.968 bits per heavy atom. The summed E-state index contributed by atoms with van der Waals surface area (Å²) in [5.74, 6) is -0.490. The van der Waals surface area contributed by atoms with E-state index in [1.165, 1.54) is 42.5 Å². The normalized spacial score (nSPS) is 12.2. The molecule has 0 amide bonds. The molecule has 0 atom stereocenters. The molecule has 0 unspecified atom stereocenters. The van der Waals surface area contributed by atoms with Gasteiger partial charge in [-0.2, -0.15) is 5.10 Å². The van der Waals surface area contributed by atoms with Gasteiger partial charge in [-0.05, 0) is 48.5 Å². The number of sulfonamides is 1. The van der Waals surface area contributed by atoms with Gasteiger partial charge in [-0.25, -0.2) is 21.2 Å². The van der Waals surface area contributed by atoms with E-state index in [2.05, 4.69) is 30.8 Å². The lowest BCUT2D eigenvalue weighted by molar-refractivity contribution is 0.588. The molecule has 0 saturated heterocycles. The van der Waals surface area contributed by atoms with Gasteiger partial charge in [0, 0.05) is 27.4 Å². The van der Waals surface area contributed by atoms with Crippen LogP contribution in [0.3, 0.4) is 0 Å². The van der Waals surface area contributed by atoms with Crippen molar-refractivity contribution in [2.45, 2.75) is 9.79 Å². The fourth-order valence-electron chi connectivity index (χ4n) is 3.15. The van der Waals surface area contributed by atoms with E-state index in [0.717, 1.165) is 6.26 Å². The number of aromatic amines is 1. The third kappa shape index (κ3) is 4.21. The third-order valence-electron chi connectivity index (χ3n) is 4.54. The number of nitrogens with one attached hydrogen (secondary N) is 2. The summed E-state index contributed by atoms with van der Waals surface area (Å²) in [4.78, 5) is -0.659. The number of benzene rings is 3. The summed E-state index contributed by atoms with van der Waals surface area (Å²) in [6.45, 7) is 0. The van der Waals surface area contributed by atoms with Gasteiger partial charge in [-0.3, -0.25) is 9.82 Å². The summed E-state index contributed by atoms with van der Waals surface area (Å²) in [5, 5.41) is 7.45. The molecular weight excluding hydrogens is 509 g/mol. The van der Waals surface area contributed by atoms with E-state index in [1.807, 2.05) is 0 Å². The Morgan fingerprint density at radius 3 is 2.35 bits per heavy atom. The Balaban J connectivity index is 1.78. The van der Waals surface area contributed by atoms with Crippen molar-refractivity contribution in [2.24, 2.45) is 0 Å². The molecule has 1 heterocycles. The van der Waals surface area contributed by atoms with Gasteiger partial charge in [0.1, 0.15) is 16.4 Å². The summed E-state index contributed by atoms with van der Waals surface area (Å²) in [5.41, 5.74) is 1.32. The van der Waals surface area contributed by atoms with Crippen LogP contribution in [0.1, 0.15) is 0 Å². The number of rotatable bonds is 5. The lowest BCUT2D eigenvalue weighted by Crippen LogP contribution is -2.16. The van der Waals surface area contributed by atoms with Gasteiger partial charge >= 0.3 is 0 Å². The van der Waals surface area contributed by atoms with E-state index in [4.69, 9.17) is 0 Å². The number of nitrogens with zero attached hydrogens (tertiary/aromatic N) is 1. The minimum absolute atomic E-state index is 0.177. The standard InChI is InChI=1S/C20H15BrFN3O4S2/c1-30(26,27)18-4-2-3-5-19(18)31(28,29)25-13-7-9-17-15(11-13)20(24-23-17)14-8-6-12(21)10-16(14)22/h2-11,25H,1H3,(H,23,24). The van der Waals surface area contributed by atoms with Gasteiger partial charge < -0.3 is 0 Å². The van der Waals surface area contributed by atoms with Crippen LogP contribution in [0.2, 0.25) is 0 Å². The van der Waals surface area contributed by atoms with E-state index in [0.29, 0.717) is 21.1 Å². The molecule has 0 aliphatic rings. The van der Waals surface area contributed by atoms with Crippen molar-refractivity contribution in [3.05, 3.63) is 71.0 Å². The monoisotopic (exact) mass is 523 g/mol. The Morgan fingerprint density at radius 2 is 1.68 bits per heavy atom. The van der Waals surface area contributed by atoms with Gasteiger partial charge in [0.05, 0.1) is 10.4 Å². The molecule has 4 aromatic rings. The minimum atomic E-state index is -4.21. The van der Waals surface area contributed by atoms with Crippen LogP contribution in [0.15, 0.2) is 74.9 Å². The summed E-state index contributed by atoms with van der Waals surface area (Å²) in [6, 6.07) is 14.5. The fourth-order valence-corrected chi connectivity index (χ4v) is 6.17. The van der Waals surface area contributed by atoms with Crippen LogP contribution < -0.4 is 4.72 Å². The van der Waals surface area contributed by atoms with E-state index in [1.54, 1.807) is 18.2 Å². The molecule has 31 heavy (non-hydrogen) atoms. The van der Waals surface area contributed by atoms with Crippen LogP contribution in [0, 0.1) is 5.82 Å². The van der Waals surface area contributed by atoms with Crippen LogP contribution in [-0.2, 0) is 19.9 Å². The third-order valence-corrected chi connectivity index (χ3v) is 7.76. The maximum atomic E-state index is 14.4. The molecule has 4 rings (SSSR count). The summed E-state index contributed by atoms with van der Waals surface area (Å²) >= 11 is 3.21. The van der Waals surface area contributed by atoms with Crippen LogP contribution in [0.5, 0.6) is 0 Å². The van der Waals surface area contributed by atoms with Crippen molar-refractivity contribution < 1.29 is 21.2 Å². The Bertz CT molecular complexity index is 1530. The minimum Gasteiger partial charge on any atom is -0.280 e. The average Bonchev–Trinajstić information content (AvgIpc) is 3.10. The molecule has 0 saturated carbocycles. The zero-order chi connectivity index (χ0) is 22.4. The highest BCUT2D eigenvalue weighted by Crippen LogP contribution is 2.32. The summed E-state index contributed by atoms with van der Waals surface area (Å²) < 4.78 is 67.3. The molecule has 0 aliphatic carbocycles. The van der Waals surface area contributed by atoms with Crippen molar-refractivity contribution in [2.75, 3.05) is 11.0 Å². The van der Waals surface area contributed by atoms with Gasteiger partial charge in [-0.1, -0.05) is 28.1 Å². The smallest absolute Gasteiger partial charge is 0.263 e. The SMILES string of the molecule is CS(=O)(=O)c1ccccc1S(=O)(=O)Nc1ccc2[nH]nc(-c3ccc(Br)cc3F)c2c1.